The molecule has 1 N–H and O–H groups in total. The number of aromatic nitrogens is 1. The van der Waals surface area contributed by atoms with Gasteiger partial charge in [0.25, 0.3) is 0 Å². The first-order valence-electron chi connectivity index (χ1n) is 8.79. The summed E-state index contributed by atoms with van der Waals surface area (Å²) in [5, 5.41) is 12.3. The van der Waals surface area contributed by atoms with Crippen LogP contribution in [-0.2, 0) is 6.61 Å². The molecule has 1 aliphatic heterocycles. The molecule has 1 aliphatic rings. The molecule has 3 aromatic rings. The molecule has 128 valence electrons. The highest BCUT2D eigenvalue weighted by molar-refractivity contribution is 5.99. The molecule has 4 heteroatoms. The van der Waals surface area contributed by atoms with Crippen LogP contribution in [0.4, 0.5) is 5.82 Å². The summed E-state index contributed by atoms with van der Waals surface area (Å²) < 4.78 is 0. The van der Waals surface area contributed by atoms with E-state index in [1.807, 2.05) is 30.3 Å². The van der Waals surface area contributed by atoms with Gasteiger partial charge < -0.3 is 14.9 Å². The second-order valence-electron chi connectivity index (χ2n) is 6.62. The smallest absolute Gasteiger partial charge is 0.135 e. The van der Waals surface area contributed by atoms with E-state index in [0.717, 1.165) is 59.6 Å². The highest BCUT2D eigenvalue weighted by Crippen LogP contribution is 2.34. The zero-order valence-corrected chi connectivity index (χ0v) is 14.5. The van der Waals surface area contributed by atoms with Crippen LogP contribution in [0.25, 0.3) is 22.0 Å². The molecule has 4 rings (SSSR count). The number of fused-ring (bicyclic) bond motifs is 1. The average Bonchev–Trinajstić information content (AvgIpc) is 2.68. The van der Waals surface area contributed by atoms with E-state index in [1.165, 1.54) is 0 Å². The quantitative estimate of drug-likeness (QED) is 0.799. The summed E-state index contributed by atoms with van der Waals surface area (Å²) in [7, 11) is 2.15. The summed E-state index contributed by atoms with van der Waals surface area (Å²) in [5.41, 5.74) is 3.03. The van der Waals surface area contributed by atoms with Gasteiger partial charge in [0.2, 0.25) is 0 Å². The first-order chi connectivity index (χ1) is 12.3. The summed E-state index contributed by atoms with van der Waals surface area (Å²) in [4.78, 5) is 9.68. The van der Waals surface area contributed by atoms with Crippen LogP contribution in [0, 0.1) is 0 Å². The van der Waals surface area contributed by atoms with Gasteiger partial charge in [-0.15, -0.1) is 0 Å². The number of anilines is 1. The lowest BCUT2D eigenvalue weighted by Gasteiger charge is -2.34. The summed E-state index contributed by atoms with van der Waals surface area (Å²) in [6.07, 6.45) is 0. The van der Waals surface area contributed by atoms with Gasteiger partial charge in [-0.25, -0.2) is 4.98 Å². The van der Waals surface area contributed by atoms with Crippen LogP contribution >= 0.6 is 0 Å². The van der Waals surface area contributed by atoms with Crippen molar-refractivity contribution < 1.29 is 5.11 Å². The molecule has 0 radical (unpaired) electrons. The van der Waals surface area contributed by atoms with Gasteiger partial charge in [0.05, 0.1) is 12.3 Å². The third-order valence-electron chi connectivity index (χ3n) is 5.00. The molecule has 0 aliphatic carbocycles. The molecule has 1 aromatic heterocycles. The Morgan fingerprint density at radius 1 is 0.880 bits per heavy atom. The van der Waals surface area contributed by atoms with Crippen LogP contribution in [-0.4, -0.2) is 48.2 Å². The predicted molar refractivity (Wildman–Crippen MR) is 103 cm³/mol. The fraction of sp³-hybridized carbons (Fsp3) is 0.286. The average molecular weight is 333 g/mol. The Labute approximate surface area is 148 Å². The third kappa shape index (κ3) is 2.99. The minimum Gasteiger partial charge on any atom is -0.392 e. The number of nitrogens with zero attached hydrogens (tertiary/aromatic N) is 3. The van der Waals surface area contributed by atoms with Crippen LogP contribution in [0.5, 0.6) is 0 Å². The van der Waals surface area contributed by atoms with Crippen LogP contribution in [0.1, 0.15) is 5.56 Å². The molecular formula is C21H23N3O. The van der Waals surface area contributed by atoms with E-state index in [1.54, 1.807) is 0 Å². The standard InChI is InChI=1S/C21H23N3O/c1-23-11-13-24(14-12-23)21-19(15-25)17-9-5-6-10-18(17)20(22-21)16-7-3-2-4-8-16/h2-10,25H,11-15H2,1H3. The zero-order valence-electron chi connectivity index (χ0n) is 14.5. The van der Waals surface area contributed by atoms with Crippen LogP contribution in [0.15, 0.2) is 54.6 Å². The first kappa shape index (κ1) is 16.1. The highest BCUT2D eigenvalue weighted by atomic mass is 16.3. The molecule has 1 fully saturated rings. The zero-order chi connectivity index (χ0) is 17.2. The number of benzene rings is 2. The van der Waals surface area contributed by atoms with E-state index in [4.69, 9.17) is 4.98 Å². The number of pyridine rings is 1. The monoisotopic (exact) mass is 333 g/mol. The number of piperazine rings is 1. The molecule has 1 saturated heterocycles. The molecule has 0 atom stereocenters. The van der Waals surface area contributed by atoms with E-state index in [-0.39, 0.29) is 6.61 Å². The van der Waals surface area contributed by atoms with Crippen LogP contribution < -0.4 is 4.90 Å². The van der Waals surface area contributed by atoms with Crippen LogP contribution in [0.2, 0.25) is 0 Å². The van der Waals surface area contributed by atoms with Gasteiger partial charge in [0.15, 0.2) is 0 Å². The van der Waals surface area contributed by atoms with Gasteiger partial charge in [0.1, 0.15) is 5.82 Å². The second-order valence-corrected chi connectivity index (χ2v) is 6.62. The molecule has 0 bridgehead atoms. The lowest BCUT2D eigenvalue weighted by atomic mass is 9.99. The number of hydrogen-bond donors (Lipinski definition) is 1. The van der Waals surface area contributed by atoms with Gasteiger partial charge in [-0.05, 0) is 12.4 Å². The van der Waals surface area contributed by atoms with Crippen molar-refractivity contribution in [1.82, 2.24) is 9.88 Å². The van der Waals surface area contributed by atoms with E-state index in [2.05, 4.69) is 41.1 Å². The molecular weight excluding hydrogens is 310 g/mol. The van der Waals surface area contributed by atoms with Gasteiger partial charge in [-0.2, -0.15) is 0 Å². The van der Waals surface area contributed by atoms with Crippen molar-refractivity contribution in [3.63, 3.8) is 0 Å². The van der Waals surface area contributed by atoms with Crippen LogP contribution in [0.3, 0.4) is 0 Å². The van der Waals surface area contributed by atoms with Crippen molar-refractivity contribution in [2.75, 3.05) is 38.1 Å². The summed E-state index contributed by atoms with van der Waals surface area (Å²) in [6.45, 7) is 3.90. The van der Waals surface area contributed by atoms with E-state index in [9.17, 15) is 5.11 Å². The summed E-state index contributed by atoms with van der Waals surface area (Å²) >= 11 is 0. The van der Waals surface area contributed by atoms with Crippen molar-refractivity contribution in [3.8, 4) is 11.3 Å². The van der Waals surface area contributed by atoms with Crippen molar-refractivity contribution in [2.24, 2.45) is 0 Å². The summed E-state index contributed by atoms with van der Waals surface area (Å²) in [6, 6.07) is 18.6. The Bertz CT molecular complexity index is 871. The normalized spacial score (nSPS) is 15.7. The van der Waals surface area contributed by atoms with Crippen molar-refractivity contribution in [2.45, 2.75) is 6.61 Å². The van der Waals surface area contributed by atoms with E-state index >= 15 is 0 Å². The Kier molecular flexibility index (Phi) is 4.38. The maximum absolute atomic E-state index is 10.1. The maximum atomic E-state index is 10.1. The van der Waals surface area contributed by atoms with E-state index < -0.39 is 0 Å². The van der Waals surface area contributed by atoms with Crippen molar-refractivity contribution in [1.29, 1.82) is 0 Å². The molecule has 4 nitrogen and oxygen atoms in total. The van der Waals surface area contributed by atoms with E-state index in [0.29, 0.717) is 0 Å². The fourth-order valence-corrected chi connectivity index (χ4v) is 3.56. The Hall–Kier alpha value is -2.43. The Balaban J connectivity index is 1.93. The topological polar surface area (TPSA) is 39.6 Å². The minimum atomic E-state index is 0.00422. The van der Waals surface area contributed by atoms with Gasteiger partial charge >= 0.3 is 0 Å². The molecule has 0 saturated carbocycles. The SMILES string of the molecule is CN1CCN(c2nc(-c3ccccc3)c3ccccc3c2CO)CC1. The largest absolute Gasteiger partial charge is 0.392 e. The molecule has 2 heterocycles. The van der Waals surface area contributed by atoms with Gasteiger partial charge in [-0.3, -0.25) is 0 Å². The number of aliphatic hydroxyl groups is 1. The number of hydrogen-bond acceptors (Lipinski definition) is 4. The second kappa shape index (κ2) is 6.82. The van der Waals surface area contributed by atoms with Gasteiger partial charge in [0, 0.05) is 42.7 Å². The molecule has 0 spiro atoms. The van der Waals surface area contributed by atoms with Crippen molar-refractivity contribution in [3.05, 3.63) is 60.2 Å². The maximum Gasteiger partial charge on any atom is 0.135 e. The van der Waals surface area contributed by atoms with Crippen molar-refractivity contribution >= 4 is 16.6 Å². The number of rotatable bonds is 3. The molecule has 2 aromatic carbocycles. The number of likely N-dealkylation sites (N-methyl/N-ethyl adjacent to an activating group) is 1. The first-order valence-corrected chi connectivity index (χ1v) is 8.79. The lowest BCUT2D eigenvalue weighted by molar-refractivity contribution is 0.281. The molecule has 25 heavy (non-hydrogen) atoms. The molecule has 0 amide bonds. The number of aliphatic hydroxyl groups excluding tert-OH is 1. The van der Waals surface area contributed by atoms with Gasteiger partial charge in [-0.1, -0.05) is 54.6 Å². The lowest BCUT2D eigenvalue weighted by Crippen LogP contribution is -2.45. The Morgan fingerprint density at radius 2 is 1.52 bits per heavy atom. The minimum absolute atomic E-state index is 0.00422. The summed E-state index contributed by atoms with van der Waals surface area (Å²) in [5.74, 6) is 0.924. The predicted octanol–water partition coefficient (Wildman–Crippen LogP) is 3.15. The Morgan fingerprint density at radius 3 is 2.20 bits per heavy atom. The highest BCUT2D eigenvalue weighted by Gasteiger charge is 2.21. The molecule has 0 unspecified atom stereocenters. The third-order valence-corrected chi connectivity index (χ3v) is 5.00. The fourth-order valence-electron chi connectivity index (χ4n) is 3.56.